The van der Waals surface area contributed by atoms with Crippen LogP contribution >= 0.6 is 0 Å². The first kappa shape index (κ1) is 31.9. The molecule has 46 heavy (non-hydrogen) atoms. The van der Waals surface area contributed by atoms with Gasteiger partial charge in [-0.05, 0) is 83.2 Å². The summed E-state index contributed by atoms with van der Waals surface area (Å²) >= 11 is 0. The van der Waals surface area contributed by atoms with E-state index in [2.05, 4.69) is 11.8 Å². The highest BCUT2D eigenvalue weighted by Crippen LogP contribution is 2.37. The molecule has 2 aromatic heterocycles. The summed E-state index contributed by atoms with van der Waals surface area (Å²) in [7, 11) is 0. The van der Waals surface area contributed by atoms with Crippen molar-refractivity contribution in [1.29, 1.82) is 0 Å². The number of benzene rings is 2. The zero-order chi connectivity index (χ0) is 32.4. The van der Waals surface area contributed by atoms with Gasteiger partial charge < -0.3 is 19.1 Å². The van der Waals surface area contributed by atoms with E-state index in [0.29, 0.717) is 62.0 Å². The molecule has 2 aliphatic heterocycles. The third kappa shape index (κ3) is 7.03. The molecule has 0 bridgehead atoms. The summed E-state index contributed by atoms with van der Waals surface area (Å²) in [5.74, 6) is 0.0535. The van der Waals surface area contributed by atoms with Crippen LogP contribution in [0.2, 0.25) is 0 Å². The zero-order valence-electron chi connectivity index (χ0n) is 27.5. The fourth-order valence-corrected chi connectivity index (χ4v) is 6.28. The molecule has 4 aromatic rings. The summed E-state index contributed by atoms with van der Waals surface area (Å²) < 4.78 is 35.3. The number of hydrogen-bond acceptors (Lipinski definition) is 7. The van der Waals surface area contributed by atoms with Gasteiger partial charge >= 0.3 is 6.09 Å². The van der Waals surface area contributed by atoms with Gasteiger partial charge in [0.1, 0.15) is 23.8 Å². The van der Waals surface area contributed by atoms with Crippen LogP contribution in [0.15, 0.2) is 54.6 Å². The maximum absolute atomic E-state index is 15.8. The van der Waals surface area contributed by atoms with Crippen molar-refractivity contribution in [3.05, 3.63) is 77.2 Å². The third-order valence-corrected chi connectivity index (χ3v) is 8.72. The highest BCUT2D eigenvalue weighted by molar-refractivity contribution is 5.86. The number of fused-ring (bicyclic) bond motifs is 1. The summed E-state index contributed by atoms with van der Waals surface area (Å²) in [6, 6.07) is 16.7. The Labute approximate surface area is 270 Å². The van der Waals surface area contributed by atoms with Crippen LogP contribution in [-0.2, 0) is 16.1 Å². The molecule has 9 nitrogen and oxygen atoms in total. The molecule has 0 aliphatic carbocycles. The van der Waals surface area contributed by atoms with Crippen molar-refractivity contribution in [1.82, 2.24) is 24.6 Å². The van der Waals surface area contributed by atoms with Crippen molar-refractivity contribution in [3.63, 3.8) is 0 Å². The highest BCUT2D eigenvalue weighted by atomic mass is 19.1. The predicted octanol–water partition coefficient (Wildman–Crippen LogP) is 7.44. The van der Waals surface area contributed by atoms with Crippen LogP contribution in [0.5, 0.6) is 5.75 Å². The van der Waals surface area contributed by atoms with Crippen LogP contribution in [0.25, 0.3) is 22.3 Å². The molecule has 244 valence electrons. The molecule has 2 fully saturated rings. The van der Waals surface area contributed by atoms with Crippen LogP contribution < -0.4 is 4.74 Å². The van der Waals surface area contributed by atoms with Crippen LogP contribution in [-0.4, -0.2) is 69.0 Å². The van der Waals surface area contributed by atoms with Crippen molar-refractivity contribution in [2.75, 3.05) is 32.8 Å². The third-order valence-electron chi connectivity index (χ3n) is 8.72. The van der Waals surface area contributed by atoms with Crippen molar-refractivity contribution >= 4 is 17.1 Å². The number of halogens is 1. The lowest BCUT2D eigenvalue weighted by molar-refractivity contribution is -0.0371. The molecule has 2 atom stereocenters. The molecule has 0 saturated carbocycles. The first-order valence-electron chi connectivity index (χ1n) is 16.3. The van der Waals surface area contributed by atoms with Crippen molar-refractivity contribution in [2.45, 2.75) is 78.4 Å². The molecule has 2 aliphatic rings. The number of amides is 1. The number of ether oxygens (including phenoxy) is 3. The van der Waals surface area contributed by atoms with E-state index in [1.807, 2.05) is 68.8 Å². The number of piperazine rings is 1. The Bertz CT molecular complexity index is 1670. The summed E-state index contributed by atoms with van der Waals surface area (Å²) in [5.41, 5.74) is 3.98. The summed E-state index contributed by atoms with van der Waals surface area (Å²) in [6.45, 7) is 13.3. The highest BCUT2D eigenvalue weighted by Gasteiger charge is 2.31. The maximum Gasteiger partial charge on any atom is 0.410 e. The van der Waals surface area contributed by atoms with E-state index in [0.717, 1.165) is 41.5 Å². The Morgan fingerprint density at radius 1 is 1.07 bits per heavy atom. The first-order chi connectivity index (χ1) is 22.1. The Kier molecular flexibility index (Phi) is 9.29. The summed E-state index contributed by atoms with van der Waals surface area (Å²) in [4.78, 5) is 21.9. The van der Waals surface area contributed by atoms with Gasteiger partial charge in [-0.1, -0.05) is 30.3 Å². The lowest BCUT2D eigenvalue weighted by Crippen LogP contribution is -2.50. The van der Waals surface area contributed by atoms with E-state index in [4.69, 9.17) is 24.3 Å². The number of aromatic nitrogens is 3. The van der Waals surface area contributed by atoms with E-state index < -0.39 is 11.4 Å². The minimum absolute atomic E-state index is 0.0369. The molecule has 0 N–H and O–H groups in total. The fraction of sp³-hybridized carbons (Fsp3) is 0.472. The van der Waals surface area contributed by atoms with Gasteiger partial charge in [0.25, 0.3) is 0 Å². The number of pyridine rings is 1. The fourth-order valence-electron chi connectivity index (χ4n) is 6.28. The minimum atomic E-state index is -0.540. The smallest absolute Gasteiger partial charge is 0.410 e. The monoisotopic (exact) mass is 629 g/mol. The Balaban J connectivity index is 1.32. The largest absolute Gasteiger partial charge is 0.489 e. The zero-order valence-corrected chi connectivity index (χ0v) is 27.5. The quantitative estimate of drug-likeness (QED) is 0.210. The van der Waals surface area contributed by atoms with E-state index >= 15 is 4.39 Å². The van der Waals surface area contributed by atoms with Gasteiger partial charge in [-0.2, -0.15) is 5.10 Å². The van der Waals surface area contributed by atoms with E-state index in [1.54, 1.807) is 17.0 Å². The number of hydrogen-bond donors (Lipinski definition) is 0. The van der Waals surface area contributed by atoms with Gasteiger partial charge in [-0.3, -0.25) is 4.90 Å². The van der Waals surface area contributed by atoms with Crippen molar-refractivity contribution < 1.29 is 23.4 Å². The molecule has 1 amide bonds. The molecule has 6 rings (SSSR count). The topological polar surface area (TPSA) is 82.0 Å². The van der Waals surface area contributed by atoms with Gasteiger partial charge in [0.2, 0.25) is 0 Å². The number of carbonyl (C=O) groups is 1. The second-order valence-electron chi connectivity index (χ2n) is 13.2. The SMILES string of the molecule is Cc1nn(C2CCCCO2)c2nc(-c3ccc(OCc4ccccc4)cc3F)cc(C(C)N3CCN(C(=O)OC(C)(C)C)CC3)c12. The van der Waals surface area contributed by atoms with Crippen LogP contribution in [0.4, 0.5) is 9.18 Å². The Hall–Kier alpha value is -4.02. The van der Waals surface area contributed by atoms with Gasteiger partial charge in [-0.25, -0.2) is 18.9 Å². The lowest BCUT2D eigenvalue weighted by atomic mass is 9.98. The molecule has 4 heterocycles. The van der Waals surface area contributed by atoms with Crippen LogP contribution in [0, 0.1) is 12.7 Å². The van der Waals surface area contributed by atoms with Gasteiger partial charge in [0.15, 0.2) is 11.9 Å². The molecule has 2 unspecified atom stereocenters. The molecule has 2 saturated heterocycles. The van der Waals surface area contributed by atoms with E-state index in [9.17, 15) is 4.79 Å². The standard InChI is InChI=1S/C36H44FN5O4/c1-24-33-29(25(2)40-16-18-41(19-17-40)35(43)46-36(3,4)5)22-31(38-34(33)42(39-24)32-13-9-10-20-44-32)28-15-14-27(21-30(28)37)45-23-26-11-7-6-8-12-26/h6-8,11-12,14-15,21-22,25,32H,9-10,13,16-20,23H2,1-5H3. The van der Waals surface area contributed by atoms with Gasteiger partial charge in [0.05, 0.1) is 11.4 Å². The molecule has 10 heteroatoms. The van der Waals surface area contributed by atoms with Gasteiger partial charge in [0, 0.05) is 55.8 Å². The van der Waals surface area contributed by atoms with Crippen LogP contribution in [0.1, 0.15) is 76.0 Å². The first-order valence-corrected chi connectivity index (χ1v) is 16.3. The molecule has 0 spiro atoms. The molecule has 2 aromatic carbocycles. The van der Waals surface area contributed by atoms with E-state index in [1.165, 1.54) is 6.07 Å². The maximum atomic E-state index is 15.8. The summed E-state index contributed by atoms with van der Waals surface area (Å²) in [6.07, 6.45) is 2.42. The second-order valence-corrected chi connectivity index (χ2v) is 13.2. The van der Waals surface area contributed by atoms with E-state index in [-0.39, 0.29) is 18.4 Å². The lowest BCUT2D eigenvalue weighted by Gasteiger charge is -2.38. The Morgan fingerprint density at radius 2 is 1.83 bits per heavy atom. The number of nitrogens with zero attached hydrogens (tertiary/aromatic N) is 5. The predicted molar refractivity (Wildman–Crippen MR) is 175 cm³/mol. The average Bonchev–Trinajstić information content (AvgIpc) is 3.39. The number of rotatable bonds is 7. The molecular weight excluding hydrogens is 585 g/mol. The van der Waals surface area contributed by atoms with Crippen molar-refractivity contribution in [3.8, 4) is 17.0 Å². The second kappa shape index (κ2) is 13.4. The minimum Gasteiger partial charge on any atom is -0.489 e. The number of carbonyl (C=O) groups excluding carboxylic acids is 1. The average molecular weight is 630 g/mol. The Morgan fingerprint density at radius 3 is 2.50 bits per heavy atom. The summed E-state index contributed by atoms with van der Waals surface area (Å²) in [5, 5.41) is 5.88. The molecular formula is C36H44FN5O4. The van der Waals surface area contributed by atoms with Gasteiger partial charge in [-0.15, -0.1) is 0 Å². The van der Waals surface area contributed by atoms with Crippen LogP contribution in [0.3, 0.4) is 0 Å². The normalized spacial score (nSPS) is 18.5. The van der Waals surface area contributed by atoms with Crippen molar-refractivity contribution in [2.24, 2.45) is 0 Å². The molecule has 0 radical (unpaired) electrons. The number of aryl methyl sites for hydroxylation is 1.